The lowest BCUT2D eigenvalue weighted by atomic mass is 9.99. The van der Waals surface area contributed by atoms with Gasteiger partial charge in [-0.2, -0.15) is 0 Å². The van der Waals surface area contributed by atoms with Crippen molar-refractivity contribution in [3.63, 3.8) is 0 Å². The number of hydrogen-bond donors (Lipinski definition) is 3. The van der Waals surface area contributed by atoms with Gasteiger partial charge in [-0.05, 0) is 31.6 Å². The highest BCUT2D eigenvalue weighted by Crippen LogP contribution is 2.45. The molecule has 0 heterocycles. The van der Waals surface area contributed by atoms with Crippen LogP contribution in [0.3, 0.4) is 0 Å². The molecular formula is C69H134O17P2. The van der Waals surface area contributed by atoms with Crippen LogP contribution in [0.25, 0.3) is 0 Å². The molecule has 0 bridgehead atoms. The summed E-state index contributed by atoms with van der Waals surface area (Å²) in [5.41, 5.74) is 0. The summed E-state index contributed by atoms with van der Waals surface area (Å²) in [6, 6.07) is 0. The third-order valence-electron chi connectivity index (χ3n) is 16.4. The lowest BCUT2D eigenvalue weighted by molar-refractivity contribution is -0.161. The first kappa shape index (κ1) is 86.1. The molecule has 0 aliphatic heterocycles. The Morgan fingerprint density at radius 1 is 0.318 bits per heavy atom. The molecule has 0 rings (SSSR count). The summed E-state index contributed by atoms with van der Waals surface area (Å²) in [5, 5.41) is 10.6. The Bertz CT molecular complexity index is 1710. The minimum Gasteiger partial charge on any atom is -0.462 e. The monoisotopic (exact) mass is 1300 g/mol. The van der Waals surface area contributed by atoms with Crippen molar-refractivity contribution in [2.45, 2.75) is 374 Å². The van der Waals surface area contributed by atoms with E-state index in [4.69, 9.17) is 37.0 Å². The summed E-state index contributed by atoms with van der Waals surface area (Å²) < 4.78 is 68.1. The van der Waals surface area contributed by atoms with Crippen LogP contribution in [-0.2, 0) is 65.4 Å². The highest BCUT2D eigenvalue weighted by molar-refractivity contribution is 7.47. The van der Waals surface area contributed by atoms with Gasteiger partial charge in [-0.15, -0.1) is 0 Å². The fraction of sp³-hybridized carbons (Fsp3) is 0.942. The van der Waals surface area contributed by atoms with E-state index in [1.165, 1.54) is 173 Å². The Morgan fingerprint density at radius 2 is 0.545 bits per heavy atom. The van der Waals surface area contributed by atoms with Crippen LogP contribution >= 0.6 is 15.6 Å². The molecule has 522 valence electrons. The molecule has 0 aromatic carbocycles. The third-order valence-corrected chi connectivity index (χ3v) is 18.3. The maximum absolute atomic E-state index is 13.0. The third kappa shape index (κ3) is 61.6. The van der Waals surface area contributed by atoms with E-state index in [0.29, 0.717) is 25.7 Å². The average Bonchev–Trinajstić information content (AvgIpc) is 3.49. The molecule has 88 heavy (non-hydrogen) atoms. The van der Waals surface area contributed by atoms with Gasteiger partial charge in [-0.1, -0.05) is 304 Å². The molecule has 0 saturated carbocycles. The van der Waals surface area contributed by atoms with Crippen molar-refractivity contribution in [1.82, 2.24) is 0 Å². The number of aliphatic hydroxyl groups is 1. The molecule has 6 atom stereocenters. The van der Waals surface area contributed by atoms with E-state index in [1.54, 1.807) is 0 Å². The first-order valence-electron chi connectivity index (χ1n) is 36.2. The van der Waals surface area contributed by atoms with Gasteiger partial charge >= 0.3 is 39.5 Å². The second kappa shape index (κ2) is 62.5. The first-order chi connectivity index (χ1) is 42.6. The van der Waals surface area contributed by atoms with Gasteiger partial charge in [0.05, 0.1) is 26.4 Å². The van der Waals surface area contributed by atoms with Crippen LogP contribution in [0.5, 0.6) is 0 Å². The van der Waals surface area contributed by atoms with E-state index in [2.05, 4.69) is 34.6 Å². The van der Waals surface area contributed by atoms with Crippen molar-refractivity contribution < 1.29 is 80.2 Å². The van der Waals surface area contributed by atoms with Crippen LogP contribution in [0.4, 0.5) is 0 Å². The highest BCUT2D eigenvalue weighted by atomic mass is 31.2. The molecule has 0 aromatic rings. The summed E-state index contributed by atoms with van der Waals surface area (Å²) in [6.07, 6.45) is 48.5. The molecule has 0 aliphatic carbocycles. The van der Waals surface area contributed by atoms with Gasteiger partial charge in [-0.25, -0.2) is 9.13 Å². The van der Waals surface area contributed by atoms with E-state index in [9.17, 15) is 43.2 Å². The number of rotatable bonds is 69. The standard InChI is InChI=1S/C69H134O17P2/c1-6-10-13-16-19-22-24-30-34-38-43-48-53-67(72)80-59-65(86-69(74)55-50-45-40-35-31-28-26-25-27-29-32-36-41-46-51-62(5)9-4)61-84-88(77,78)82-57-63(70)56-81-87(75,76)83-60-64(58-79-66(71)52-47-42-37-21-18-15-12-8-3)85-68(73)54-49-44-39-33-23-20-17-14-11-7-2/h62-65,70H,6-61H2,1-5H3,(H,75,76)(H,77,78)/t62?,63-,64+,65+/m0/s1. The van der Waals surface area contributed by atoms with Crippen molar-refractivity contribution in [2.75, 3.05) is 39.6 Å². The second-order valence-electron chi connectivity index (χ2n) is 25.2. The summed E-state index contributed by atoms with van der Waals surface area (Å²) in [6.45, 7) is 7.26. The smallest absolute Gasteiger partial charge is 0.462 e. The molecule has 0 saturated heterocycles. The fourth-order valence-electron chi connectivity index (χ4n) is 10.4. The zero-order valence-electron chi connectivity index (χ0n) is 56.9. The van der Waals surface area contributed by atoms with Gasteiger partial charge in [0.15, 0.2) is 12.2 Å². The van der Waals surface area contributed by atoms with Crippen LogP contribution in [0.2, 0.25) is 0 Å². The van der Waals surface area contributed by atoms with Crippen molar-refractivity contribution in [3.05, 3.63) is 0 Å². The topological polar surface area (TPSA) is 237 Å². The Hall–Kier alpha value is -1.94. The molecule has 3 unspecified atom stereocenters. The van der Waals surface area contributed by atoms with E-state index in [1.807, 2.05) is 0 Å². The highest BCUT2D eigenvalue weighted by Gasteiger charge is 2.30. The quantitative estimate of drug-likeness (QED) is 0.0222. The maximum Gasteiger partial charge on any atom is 0.472 e. The van der Waals surface area contributed by atoms with Crippen LogP contribution in [0, 0.1) is 5.92 Å². The number of esters is 4. The number of phosphoric acid groups is 2. The van der Waals surface area contributed by atoms with Crippen LogP contribution in [-0.4, -0.2) is 96.7 Å². The Kier molecular flexibility index (Phi) is 61.1. The Labute approximate surface area is 537 Å². The number of carbonyl (C=O) groups is 4. The zero-order chi connectivity index (χ0) is 64.9. The second-order valence-corrected chi connectivity index (χ2v) is 28.1. The molecule has 0 radical (unpaired) electrons. The van der Waals surface area contributed by atoms with Crippen molar-refractivity contribution in [2.24, 2.45) is 5.92 Å². The van der Waals surface area contributed by atoms with E-state index < -0.39 is 97.5 Å². The van der Waals surface area contributed by atoms with Gasteiger partial charge in [-0.3, -0.25) is 37.3 Å². The molecule has 17 nitrogen and oxygen atoms in total. The number of carbonyl (C=O) groups excluding carboxylic acids is 4. The normalized spacial score (nSPS) is 14.4. The molecule has 3 N–H and O–H groups in total. The predicted octanol–water partition coefficient (Wildman–Crippen LogP) is 19.7. The molecule has 19 heteroatoms. The van der Waals surface area contributed by atoms with Crippen molar-refractivity contribution in [3.8, 4) is 0 Å². The summed E-state index contributed by atoms with van der Waals surface area (Å²) in [7, 11) is -9.89. The van der Waals surface area contributed by atoms with Crippen LogP contribution in [0.1, 0.15) is 356 Å². The van der Waals surface area contributed by atoms with Crippen LogP contribution in [0.15, 0.2) is 0 Å². The summed E-state index contributed by atoms with van der Waals surface area (Å²) in [4.78, 5) is 72.4. The SMILES string of the molecule is CCCCCCCCCCCCCCC(=O)OC[C@H](COP(=O)(O)OC[C@@H](O)COP(=O)(O)OC[C@@H](COC(=O)CCCCCCCCCC)OC(=O)CCCCCCCCCCCC)OC(=O)CCCCCCCCCCCCCCCCC(C)CC. The Balaban J connectivity index is 5.20. The van der Waals surface area contributed by atoms with Crippen LogP contribution < -0.4 is 0 Å². The number of hydrogen-bond acceptors (Lipinski definition) is 15. The molecule has 0 aliphatic rings. The summed E-state index contributed by atoms with van der Waals surface area (Å²) in [5.74, 6) is -1.28. The van der Waals surface area contributed by atoms with E-state index in [0.717, 1.165) is 102 Å². The maximum atomic E-state index is 13.0. The largest absolute Gasteiger partial charge is 0.472 e. The fourth-order valence-corrected chi connectivity index (χ4v) is 12.0. The number of aliphatic hydroxyl groups excluding tert-OH is 1. The number of ether oxygens (including phenoxy) is 4. The zero-order valence-corrected chi connectivity index (χ0v) is 58.6. The van der Waals surface area contributed by atoms with Gasteiger partial charge in [0.25, 0.3) is 0 Å². The molecular weight excluding hydrogens is 1160 g/mol. The van der Waals surface area contributed by atoms with Gasteiger partial charge < -0.3 is 33.8 Å². The van der Waals surface area contributed by atoms with E-state index >= 15 is 0 Å². The van der Waals surface area contributed by atoms with Gasteiger partial charge in [0.1, 0.15) is 19.3 Å². The lowest BCUT2D eigenvalue weighted by Crippen LogP contribution is -2.30. The Morgan fingerprint density at radius 3 is 0.807 bits per heavy atom. The predicted molar refractivity (Wildman–Crippen MR) is 354 cm³/mol. The van der Waals surface area contributed by atoms with Gasteiger partial charge in [0, 0.05) is 25.7 Å². The lowest BCUT2D eigenvalue weighted by Gasteiger charge is -2.21. The van der Waals surface area contributed by atoms with Gasteiger partial charge in [0.2, 0.25) is 0 Å². The van der Waals surface area contributed by atoms with Crippen molar-refractivity contribution >= 4 is 39.5 Å². The first-order valence-corrected chi connectivity index (χ1v) is 39.2. The van der Waals surface area contributed by atoms with E-state index in [-0.39, 0.29) is 25.7 Å². The minimum absolute atomic E-state index is 0.106. The molecule has 0 spiro atoms. The molecule has 0 aromatic heterocycles. The number of phosphoric ester groups is 2. The van der Waals surface area contributed by atoms with Crippen molar-refractivity contribution in [1.29, 1.82) is 0 Å². The molecule has 0 fully saturated rings. The number of unbranched alkanes of at least 4 members (excludes halogenated alkanes) is 40. The average molecular weight is 1300 g/mol. The minimum atomic E-state index is -4.95. The summed E-state index contributed by atoms with van der Waals surface area (Å²) >= 11 is 0. The molecule has 0 amide bonds.